The van der Waals surface area contributed by atoms with Gasteiger partial charge in [0, 0.05) is 23.9 Å². The molecular weight excluding hydrogens is 218 g/mol. The highest BCUT2D eigenvalue weighted by molar-refractivity contribution is 6.13. The summed E-state index contributed by atoms with van der Waals surface area (Å²) in [5.74, 6) is -0.271. The van der Waals surface area contributed by atoms with Crippen molar-refractivity contribution in [2.75, 3.05) is 11.9 Å². The number of hydrogen-bond acceptors (Lipinski definition) is 2. The second-order valence-corrected chi connectivity index (χ2v) is 3.97. The quantitative estimate of drug-likeness (QED) is 0.635. The van der Waals surface area contributed by atoms with Crippen molar-refractivity contribution in [1.29, 1.82) is 0 Å². The van der Waals surface area contributed by atoms with E-state index < -0.39 is 0 Å². The molecule has 3 N–H and O–H groups in total. The molecule has 17 heavy (non-hydrogen) atoms. The average Bonchev–Trinajstić information content (AvgIpc) is 2.66. The van der Waals surface area contributed by atoms with Gasteiger partial charge in [0.15, 0.2) is 0 Å². The van der Waals surface area contributed by atoms with Crippen LogP contribution in [0.3, 0.4) is 0 Å². The predicted molar refractivity (Wildman–Crippen MR) is 63.9 cm³/mol. The molecule has 0 fully saturated rings. The number of hydrogen-bond donors (Lipinski definition) is 3. The summed E-state index contributed by atoms with van der Waals surface area (Å²) in [6, 6.07) is 7.50. The topological polar surface area (TPSA) is 74.0 Å². The van der Waals surface area contributed by atoms with Crippen molar-refractivity contribution in [3.63, 3.8) is 0 Å². The minimum absolute atomic E-state index is 0.0870. The summed E-state index contributed by atoms with van der Waals surface area (Å²) in [6.45, 7) is 0.361. The molecule has 0 atom stereocenters. The van der Waals surface area contributed by atoms with Crippen molar-refractivity contribution in [3.05, 3.63) is 30.0 Å². The lowest BCUT2D eigenvalue weighted by atomic mass is 10.2. The number of amides is 2. The van der Waals surface area contributed by atoms with Crippen molar-refractivity contribution in [2.45, 2.75) is 6.42 Å². The van der Waals surface area contributed by atoms with Crippen LogP contribution in [0.1, 0.15) is 16.9 Å². The van der Waals surface area contributed by atoms with Gasteiger partial charge in [-0.05, 0) is 6.07 Å². The van der Waals surface area contributed by atoms with E-state index in [9.17, 15) is 9.59 Å². The molecule has 2 heterocycles. The van der Waals surface area contributed by atoms with Crippen LogP contribution in [0.4, 0.5) is 5.69 Å². The number of benzene rings is 1. The first-order valence-electron chi connectivity index (χ1n) is 5.44. The Morgan fingerprint density at radius 3 is 2.82 bits per heavy atom. The van der Waals surface area contributed by atoms with Gasteiger partial charge in [-0.1, -0.05) is 18.2 Å². The van der Waals surface area contributed by atoms with Crippen molar-refractivity contribution in [2.24, 2.45) is 0 Å². The second-order valence-electron chi connectivity index (χ2n) is 3.97. The number of rotatable bonds is 0. The number of carbonyl (C=O) groups is 2. The van der Waals surface area contributed by atoms with E-state index in [0.717, 1.165) is 10.9 Å². The van der Waals surface area contributed by atoms with E-state index in [-0.39, 0.29) is 11.8 Å². The van der Waals surface area contributed by atoms with Gasteiger partial charge in [-0.2, -0.15) is 0 Å². The molecule has 0 saturated heterocycles. The number of aromatic nitrogens is 1. The summed E-state index contributed by atoms with van der Waals surface area (Å²) >= 11 is 0. The fraction of sp³-hybridized carbons (Fsp3) is 0.167. The molecule has 0 spiro atoms. The summed E-state index contributed by atoms with van der Waals surface area (Å²) in [7, 11) is 0. The molecule has 5 nitrogen and oxygen atoms in total. The maximum Gasteiger partial charge on any atom is 0.269 e. The van der Waals surface area contributed by atoms with Crippen LogP contribution in [0.5, 0.6) is 0 Å². The lowest BCUT2D eigenvalue weighted by Crippen LogP contribution is -2.31. The SMILES string of the molecule is O=C1CCNC(=O)c2[nH]c3ccccc3c2N1. The summed E-state index contributed by atoms with van der Waals surface area (Å²) in [5.41, 5.74) is 1.83. The Morgan fingerprint density at radius 1 is 1.12 bits per heavy atom. The van der Waals surface area contributed by atoms with Gasteiger partial charge in [-0.3, -0.25) is 9.59 Å². The number of aromatic amines is 1. The van der Waals surface area contributed by atoms with E-state index in [1.54, 1.807) is 0 Å². The van der Waals surface area contributed by atoms with Gasteiger partial charge in [-0.15, -0.1) is 0 Å². The molecule has 0 bridgehead atoms. The molecule has 86 valence electrons. The Balaban J connectivity index is 2.25. The van der Waals surface area contributed by atoms with E-state index in [2.05, 4.69) is 15.6 Å². The lowest BCUT2D eigenvalue weighted by molar-refractivity contribution is -0.116. The Bertz CT molecular complexity index is 615. The standard InChI is InChI=1S/C12H11N3O2/c16-9-5-6-13-12(17)11-10(15-9)7-3-1-2-4-8(7)14-11/h1-4,14H,5-6H2,(H,13,17)(H,15,16). The monoisotopic (exact) mass is 229 g/mol. The molecule has 0 radical (unpaired) electrons. The molecule has 1 aliphatic rings. The maximum absolute atomic E-state index is 11.8. The molecule has 2 amide bonds. The maximum atomic E-state index is 11.8. The van der Waals surface area contributed by atoms with Crippen LogP contribution >= 0.6 is 0 Å². The van der Waals surface area contributed by atoms with E-state index in [1.165, 1.54) is 0 Å². The highest BCUT2D eigenvalue weighted by Gasteiger charge is 2.21. The zero-order valence-corrected chi connectivity index (χ0v) is 9.04. The molecule has 0 unspecified atom stereocenters. The van der Waals surface area contributed by atoms with Crippen molar-refractivity contribution in [3.8, 4) is 0 Å². The van der Waals surface area contributed by atoms with Crippen LogP contribution in [0.2, 0.25) is 0 Å². The van der Waals surface area contributed by atoms with Crippen molar-refractivity contribution >= 4 is 28.4 Å². The third-order valence-electron chi connectivity index (χ3n) is 2.84. The minimum atomic E-state index is -0.184. The van der Waals surface area contributed by atoms with E-state index in [0.29, 0.717) is 24.3 Å². The van der Waals surface area contributed by atoms with Gasteiger partial charge in [0.05, 0.1) is 5.69 Å². The van der Waals surface area contributed by atoms with Gasteiger partial charge in [0.25, 0.3) is 5.91 Å². The number of H-pyrrole nitrogens is 1. The zero-order chi connectivity index (χ0) is 11.8. The first-order valence-corrected chi connectivity index (χ1v) is 5.44. The Kier molecular flexibility index (Phi) is 2.11. The third-order valence-corrected chi connectivity index (χ3v) is 2.84. The largest absolute Gasteiger partial charge is 0.350 e. The highest BCUT2D eigenvalue weighted by atomic mass is 16.2. The Morgan fingerprint density at radius 2 is 1.94 bits per heavy atom. The molecule has 2 aromatic rings. The first kappa shape index (κ1) is 9.89. The number of nitrogens with one attached hydrogen (secondary N) is 3. The fourth-order valence-corrected chi connectivity index (χ4v) is 2.02. The zero-order valence-electron chi connectivity index (χ0n) is 9.04. The summed E-state index contributed by atoms with van der Waals surface area (Å²) < 4.78 is 0. The molecule has 0 aliphatic carbocycles. The van der Waals surface area contributed by atoms with E-state index in [4.69, 9.17) is 0 Å². The first-order chi connectivity index (χ1) is 8.25. The van der Waals surface area contributed by atoms with Gasteiger partial charge >= 0.3 is 0 Å². The summed E-state index contributed by atoms with van der Waals surface area (Å²) in [5, 5.41) is 6.34. The van der Waals surface area contributed by atoms with Gasteiger partial charge in [-0.25, -0.2) is 0 Å². The molecule has 0 saturated carbocycles. The van der Waals surface area contributed by atoms with Crippen molar-refractivity contribution in [1.82, 2.24) is 10.3 Å². The minimum Gasteiger partial charge on any atom is -0.350 e. The van der Waals surface area contributed by atoms with E-state index in [1.807, 2.05) is 24.3 Å². The smallest absolute Gasteiger partial charge is 0.269 e. The molecule has 1 aromatic carbocycles. The molecule has 1 aliphatic heterocycles. The van der Waals surface area contributed by atoms with Gasteiger partial charge in [0.2, 0.25) is 5.91 Å². The van der Waals surface area contributed by atoms with Gasteiger partial charge < -0.3 is 15.6 Å². The normalized spacial score (nSPS) is 15.8. The number of anilines is 1. The second kappa shape index (κ2) is 3.62. The average molecular weight is 229 g/mol. The fourth-order valence-electron chi connectivity index (χ4n) is 2.02. The van der Waals surface area contributed by atoms with Crippen LogP contribution in [0, 0.1) is 0 Å². The van der Waals surface area contributed by atoms with Crippen LogP contribution in [0.25, 0.3) is 10.9 Å². The Labute approximate surface area is 97.2 Å². The molecule has 5 heteroatoms. The third kappa shape index (κ3) is 1.56. The number of para-hydroxylation sites is 1. The number of carbonyl (C=O) groups excluding carboxylic acids is 2. The summed E-state index contributed by atoms with van der Waals surface area (Å²) in [6.07, 6.45) is 0.296. The van der Waals surface area contributed by atoms with Crippen molar-refractivity contribution < 1.29 is 9.59 Å². The van der Waals surface area contributed by atoms with Crippen LogP contribution in [-0.2, 0) is 4.79 Å². The summed E-state index contributed by atoms with van der Waals surface area (Å²) in [4.78, 5) is 26.4. The molecule has 1 aromatic heterocycles. The highest BCUT2D eigenvalue weighted by Crippen LogP contribution is 2.28. The van der Waals surface area contributed by atoms with Gasteiger partial charge in [0.1, 0.15) is 5.69 Å². The van der Waals surface area contributed by atoms with Crippen LogP contribution < -0.4 is 10.6 Å². The lowest BCUT2D eigenvalue weighted by Gasteiger charge is -2.11. The predicted octanol–water partition coefficient (Wildman–Crippen LogP) is 1.24. The Hall–Kier alpha value is -2.30. The molecule has 3 rings (SSSR count). The molecular formula is C12H11N3O2. The number of fused-ring (bicyclic) bond motifs is 3. The van der Waals surface area contributed by atoms with Crippen LogP contribution in [0.15, 0.2) is 24.3 Å². The van der Waals surface area contributed by atoms with Crippen LogP contribution in [-0.4, -0.2) is 23.3 Å². The van der Waals surface area contributed by atoms with E-state index >= 15 is 0 Å².